The maximum atomic E-state index is 11.9. The Morgan fingerprint density at radius 3 is 2.37 bits per heavy atom. The Balaban J connectivity index is 2.28. The monoisotopic (exact) mass is 268 g/mol. The van der Waals surface area contributed by atoms with E-state index in [-0.39, 0.29) is 11.8 Å². The van der Waals surface area contributed by atoms with Crippen molar-refractivity contribution < 1.29 is 9.59 Å². The second kappa shape index (κ2) is 8.18. The van der Waals surface area contributed by atoms with Crippen LogP contribution in [0.15, 0.2) is 0 Å². The first-order chi connectivity index (χ1) is 8.99. The highest BCUT2D eigenvalue weighted by atomic mass is 16.2. The lowest BCUT2D eigenvalue weighted by Gasteiger charge is -2.25. The number of nitrogens with zero attached hydrogens (tertiary/aromatic N) is 1. The highest BCUT2D eigenvalue weighted by Gasteiger charge is 2.17. The van der Waals surface area contributed by atoms with Crippen molar-refractivity contribution in [1.29, 1.82) is 0 Å². The molecule has 0 aliphatic heterocycles. The zero-order chi connectivity index (χ0) is 14.3. The minimum Gasteiger partial charge on any atom is -0.353 e. The fourth-order valence-electron chi connectivity index (χ4n) is 2.60. The van der Waals surface area contributed by atoms with E-state index in [4.69, 9.17) is 0 Å². The first-order valence-electron chi connectivity index (χ1n) is 7.54. The predicted molar refractivity (Wildman–Crippen MR) is 76.7 cm³/mol. The summed E-state index contributed by atoms with van der Waals surface area (Å²) in [5.41, 5.74) is 0. The zero-order valence-corrected chi connectivity index (χ0v) is 12.6. The molecule has 0 spiro atoms. The highest BCUT2D eigenvalue weighted by molar-refractivity contribution is 5.78. The molecule has 1 rings (SSSR count). The lowest BCUT2D eigenvalue weighted by molar-refractivity contribution is -0.130. The summed E-state index contributed by atoms with van der Waals surface area (Å²) < 4.78 is 0. The van der Waals surface area contributed by atoms with E-state index >= 15 is 0 Å². The van der Waals surface area contributed by atoms with Gasteiger partial charge in [0.05, 0.1) is 0 Å². The van der Waals surface area contributed by atoms with Gasteiger partial charge in [-0.15, -0.1) is 0 Å². The van der Waals surface area contributed by atoms with E-state index in [1.165, 1.54) is 19.3 Å². The molecule has 2 amide bonds. The zero-order valence-electron chi connectivity index (χ0n) is 12.6. The van der Waals surface area contributed by atoms with E-state index in [9.17, 15) is 9.59 Å². The minimum absolute atomic E-state index is 0.0548. The maximum absolute atomic E-state index is 11.9. The van der Waals surface area contributed by atoms with Crippen LogP contribution in [0.4, 0.5) is 0 Å². The first kappa shape index (κ1) is 16.0. The van der Waals surface area contributed by atoms with Crippen LogP contribution >= 0.6 is 0 Å². The van der Waals surface area contributed by atoms with Gasteiger partial charge in [-0.2, -0.15) is 0 Å². The van der Waals surface area contributed by atoms with Crippen molar-refractivity contribution in [1.82, 2.24) is 10.2 Å². The molecule has 4 heteroatoms. The largest absolute Gasteiger partial charge is 0.353 e. The molecule has 19 heavy (non-hydrogen) atoms. The summed E-state index contributed by atoms with van der Waals surface area (Å²) >= 11 is 0. The highest BCUT2D eigenvalue weighted by Crippen LogP contribution is 2.17. The normalized spacial score (nSPS) is 16.4. The van der Waals surface area contributed by atoms with Gasteiger partial charge < -0.3 is 10.2 Å². The molecule has 0 heterocycles. The summed E-state index contributed by atoms with van der Waals surface area (Å²) in [5.74, 6) is 0.575. The number of nitrogens with one attached hydrogen (secondary N) is 1. The summed E-state index contributed by atoms with van der Waals surface area (Å²) in [6.45, 7) is 7.00. The molecule has 110 valence electrons. The van der Waals surface area contributed by atoms with Gasteiger partial charge in [0.25, 0.3) is 0 Å². The second-order valence-electron chi connectivity index (χ2n) is 6.01. The van der Waals surface area contributed by atoms with E-state index in [0.29, 0.717) is 24.9 Å². The van der Waals surface area contributed by atoms with Gasteiger partial charge in [0.15, 0.2) is 0 Å². The van der Waals surface area contributed by atoms with Crippen molar-refractivity contribution in [2.24, 2.45) is 5.92 Å². The Hall–Kier alpha value is -1.06. The van der Waals surface area contributed by atoms with Crippen LogP contribution in [-0.2, 0) is 9.59 Å². The van der Waals surface area contributed by atoms with Crippen LogP contribution in [0.1, 0.15) is 59.3 Å². The number of carbonyl (C=O) groups is 2. The summed E-state index contributed by atoms with van der Waals surface area (Å²) in [6, 6.07) is 0.358. The van der Waals surface area contributed by atoms with Gasteiger partial charge in [-0.1, -0.05) is 33.1 Å². The molecule has 0 bridgehead atoms. The fraction of sp³-hybridized carbons (Fsp3) is 0.867. The summed E-state index contributed by atoms with van der Waals surface area (Å²) in [5, 5.41) is 3.09. The Kier molecular flexibility index (Phi) is 6.89. The standard InChI is InChI=1S/C15H28N2O2/c1-12(2)11-17(13(3)18)10-9-15(19)16-14-7-5-4-6-8-14/h12,14H,4-11H2,1-3H3,(H,16,19). The fourth-order valence-corrected chi connectivity index (χ4v) is 2.60. The van der Waals surface area contributed by atoms with Gasteiger partial charge in [-0.25, -0.2) is 0 Å². The Labute approximate surface area is 116 Å². The quantitative estimate of drug-likeness (QED) is 0.804. The Morgan fingerprint density at radius 2 is 1.84 bits per heavy atom. The third-order valence-corrected chi connectivity index (χ3v) is 3.61. The molecule has 0 aromatic carbocycles. The molecule has 0 aromatic heterocycles. The average Bonchev–Trinajstić information content (AvgIpc) is 2.35. The van der Waals surface area contributed by atoms with Gasteiger partial charge in [0, 0.05) is 32.5 Å². The second-order valence-corrected chi connectivity index (χ2v) is 6.01. The van der Waals surface area contributed by atoms with Crippen LogP contribution in [0, 0.1) is 5.92 Å². The van der Waals surface area contributed by atoms with Gasteiger partial charge in [-0.05, 0) is 18.8 Å². The van der Waals surface area contributed by atoms with Crippen LogP contribution in [0.25, 0.3) is 0 Å². The van der Waals surface area contributed by atoms with E-state index in [1.54, 1.807) is 11.8 Å². The molecule has 0 unspecified atom stereocenters. The molecule has 1 N–H and O–H groups in total. The number of hydrogen-bond acceptors (Lipinski definition) is 2. The van der Waals surface area contributed by atoms with E-state index in [1.807, 2.05) is 0 Å². The van der Waals surface area contributed by atoms with Crippen molar-refractivity contribution in [2.45, 2.75) is 65.3 Å². The summed E-state index contributed by atoms with van der Waals surface area (Å²) in [6.07, 6.45) is 6.36. The molecule has 4 nitrogen and oxygen atoms in total. The SMILES string of the molecule is CC(=O)N(CCC(=O)NC1CCCCC1)CC(C)C. The maximum Gasteiger partial charge on any atom is 0.221 e. The van der Waals surface area contributed by atoms with Crippen LogP contribution in [0.3, 0.4) is 0 Å². The summed E-state index contributed by atoms with van der Waals surface area (Å²) in [4.78, 5) is 25.1. The topological polar surface area (TPSA) is 49.4 Å². The van der Waals surface area contributed by atoms with Gasteiger partial charge in [0.2, 0.25) is 11.8 Å². The molecular formula is C15H28N2O2. The number of hydrogen-bond donors (Lipinski definition) is 1. The molecule has 1 aliphatic rings. The smallest absolute Gasteiger partial charge is 0.221 e. The number of rotatable bonds is 6. The molecular weight excluding hydrogens is 240 g/mol. The molecule has 0 saturated heterocycles. The lowest BCUT2D eigenvalue weighted by atomic mass is 9.95. The lowest BCUT2D eigenvalue weighted by Crippen LogP contribution is -2.39. The van der Waals surface area contributed by atoms with Crippen molar-refractivity contribution in [2.75, 3.05) is 13.1 Å². The van der Waals surface area contributed by atoms with Crippen LogP contribution in [-0.4, -0.2) is 35.8 Å². The Bertz CT molecular complexity index is 297. The number of carbonyl (C=O) groups excluding carboxylic acids is 2. The molecule has 1 saturated carbocycles. The first-order valence-corrected chi connectivity index (χ1v) is 7.54. The summed E-state index contributed by atoms with van der Waals surface area (Å²) in [7, 11) is 0. The Morgan fingerprint density at radius 1 is 1.21 bits per heavy atom. The third kappa shape index (κ3) is 6.60. The van der Waals surface area contributed by atoms with E-state index in [2.05, 4.69) is 19.2 Å². The van der Waals surface area contributed by atoms with Gasteiger partial charge >= 0.3 is 0 Å². The van der Waals surface area contributed by atoms with Crippen LogP contribution < -0.4 is 5.32 Å². The van der Waals surface area contributed by atoms with E-state index in [0.717, 1.165) is 19.4 Å². The van der Waals surface area contributed by atoms with Crippen molar-refractivity contribution in [3.05, 3.63) is 0 Å². The van der Waals surface area contributed by atoms with Crippen LogP contribution in [0.2, 0.25) is 0 Å². The van der Waals surface area contributed by atoms with E-state index < -0.39 is 0 Å². The number of amides is 2. The van der Waals surface area contributed by atoms with Gasteiger partial charge in [-0.3, -0.25) is 9.59 Å². The third-order valence-electron chi connectivity index (χ3n) is 3.61. The molecule has 1 aliphatic carbocycles. The molecule has 1 fully saturated rings. The molecule has 0 atom stereocenters. The van der Waals surface area contributed by atoms with Crippen molar-refractivity contribution >= 4 is 11.8 Å². The van der Waals surface area contributed by atoms with Crippen LogP contribution in [0.5, 0.6) is 0 Å². The minimum atomic E-state index is 0.0548. The average molecular weight is 268 g/mol. The van der Waals surface area contributed by atoms with Crippen molar-refractivity contribution in [3.8, 4) is 0 Å². The molecule has 0 radical (unpaired) electrons. The van der Waals surface area contributed by atoms with Gasteiger partial charge in [0.1, 0.15) is 0 Å². The van der Waals surface area contributed by atoms with Crippen molar-refractivity contribution in [3.63, 3.8) is 0 Å². The predicted octanol–water partition coefficient (Wildman–Crippen LogP) is 2.33. The molecule has 0 aromatic rings.